The second-order valence-corrected chi connectivity index (χ2v) is 7.52. The van der Waals surface area contributed by atoms with E-state index in [0.29, 0.717) is 12.4 Å². The van der Waals surface area contributed by atoms with Crippen molar-refractivity contribution in [3.8, 4) is 5.75 Å². The van der Waals surface area contributed by atoms with Crippen LogP contribution in [-0.4, -0.2) is 40.8 Å². The van der Waals surface area contributed by atoms with Crippen molar-refractivity contribution in [2.75, 3.05) is 13.2 Å². The summed E-state index contributed by atoms with van der Waals surface area (Å²) in [5.41, 5.74) is 0.0724. The van der Waals surface area contributed by atoms with Crippen LogP contribution in [0.25, 0.3) is 6.08 Å². The Kier molecular flexibility index (Phi) is 6.26. The molecule has 1 aromatic carbocycles. The molecule has 0 saturated carbocycles. The Morgan fingerprint density at radius 2 is 1.88 bits per heavy atom. The fraction of sp³-hybridized carbons (Fsp3) is 0.316. The molecule has 138 valence electrons. The van der Waals surface area contributed by atoms with Crippen LogP contribution in [0.15, 0.2) is 41.8 Å². The summed E-state index contributed by atoms with van der Waals surface area (Å²) in [4.78, 5) is 37.5. The third-order valence-electron chi connectivity index (χ3n) is 3.13. The van der Waals surface area contributed by atoms with Gasteiger partial charge >= 0.3 is 5.97 Å². The van der Waals surface area contributed by atoms with Gasteiger partial charge in [0.2, 0.25) is 0 Å². The van der Waals surface area contributed by atoms with Crippen molar-refractivity contribution >= 4 is 35.0 Å². The van der Waals surface area contributed by atoms with Gasteiger partial charge in [-0.2, -0.15) is 0 Å². The summed E-state index contributed by atoms with van der Waals surface area (Å²) in [5, 5.41) is -0.488. The maximum absolute atomic E-state index is 12.4. The molecular formula is C19H21NO5S. The predicted molar refractivity (Wildman–Crippen MR) is 101 cm³/mol. The molecule has 2 amide bonds. The van der Waals surface area contributed by atoms with Crippen LogP contribution in [0.4, 0.5) is 4.79 Å². The first kappa shape index (κ1) is 19.8. The number of thioether (sulfide) groups is 1. The van der Waals surface area contributed by atoms with E-state index in [2.05, 4.69) is 6.58 Å². The lowest BCUT2D eigenvalue weighted by molar-refractivity contribution is -0.156. The number of ether oxygens (including phenoxy) is 2. The van der Waals surface area contributed by atoms with Gasteiger partial charge in [-0.05, 0) is 56.3 Å². The van der Waals surface area contributed by atoms with Crippen LogP contribution in [0, 0.1) is 0 Å². The standard InChI is InChI=1S/C19H21NO5S/c1-5-10-24-14-8-6-13(7-9-14)11-15-17(22)20(18(23)26-15)12-16(21)25-19(2,3)4/h5-9,11H,1,10,12H2,2-4H3/b15-11-. The summed E-state index contributed by atoms with van der Waals surface area (Å²) in [5.74, 6) is -0.442. The molecule has 0 N–H and O–H groups in total. The third-order valence-corrected chi connectivity index (χ3v) is 4.03. The van der Waals surface area contributed by atoms with Gasteiger partial charge in [-0.3, -0.25) is 19.3 Å². The van der Waals surface area contributed by atoms with Crippen LogP contribution in [-0.2, 0) is 14.3 Å². The highest BCUT2D eigenvalue weighted by Crippen LogP contribution is 2.32. The monoisotopic (exact) mass is 375 g/mol. The van der Waals surface area contributed by atoms with Crippen molar-refractivity contribution in [2.24, 2.45) is 0 Å². The number of rotatable bonds is 6. The minimum absolute atomic E-state index is 0.262. The lowest BCUT2D eigenvalue weighted by atomic mass is 10.2. The smallest absolute Gasteiger partial charge is 0.326 e. The van der Waals surface area contributed by atoms with Gasteiger partial charge in [-0.25, -0.2) is 0 Å². The first-order valence-corrected chi connectivity index (χ1v) is 8.82. The lowest BCUT2D eigenvalue weighted by Crippen LogP contribution is -2.37. The first-order valence-electron chi connectivity index (χ1n) is 8.00. The highest BCUT2D eigenvalue weighted by atomic mass is 32.2. The number of hydrogen-bond acceptors (Lipinski definition) is 6. The van der Waals surface area contributed by atoms with E-state index in [9.17, 15) is 14.4 Å². The molecule has 1 fully saturated rings. The van der Waals surface area contributed by atoms with Gasteiger partial charge in [-0.15, -0.1) is 0 Å². The topological polar surface area (TPSA) is 72.9 Å². The Bertz CT molecular complexity index is 746. The van der Waals surface area contributed by atoms with E-state index in [1.807, 2.05) is 0 Å². The molecule has 0 aromatic heterocycles. The normalized spacial score (nSPS) is 16.1. The summed E-state index contributed by atoms with van der Waals surface area (Å²) in [6.07, 6.45) is 3.26. The zero-order chi connectivity index (χ0) is 19.3. The van der Waals surface area contributed by atoms with E-state index in [0.717, 1.165) is 22.2 Å². The number of hydrogen-bond donors (Lipinski definition) is 0. The Morgan fingerprint density at radius 1 is 1.23 bits per heavy atom. The fourth-order valence-corrected chi connectivity index (χ4v) is 2.94. The molecular weight excluding hydrogens is 354 g/mol. The van der Waals surface area contributed by atoms with Crippen LogP contribution in [0.3, 0.4) is 0 Å². The molecule has 1 aliphatic heterocycles. The molecule has 0 radical (unpaired) electrons. The molecule has 1 heterocycles. The molecule has 1 saturated heterocycles. The maximum atomic E-state index is 12.4. The molecule has 6 nitrogen and oxygen atoms in total. The van der Waals surface area contributed by atoms with E-state index in [1.165, 1.54) is 0 Å². The summed E-state index contributed by atoms with van der Waals surface area (Å²) in [6, 6.07) is 7.08. The second-order valence-electron chi connectivity index (χ2n) is 6.52. The molecule has 1 aromatic rings. The number of imide groups is 1. The SMILES string of the molecule is C=CCOc1ccc(/C=C2\SC(=O)N(CC(=O)OC(C)(C)C)C2=O)cc1. The number of benzene rings is 1. The van der Waals surface area contributed by atoms with Crippen LogP contribution in [0.5, 0.6) is 5.75 Å². The molecule has 2 rings (SSSR count). The van der Waals surface area contributed by atoms with Gasteiger partial charge < -0.3 is 9.47 Å². The average Bonchev–Trinajstić information content (AvgIpc) is 2.80. The van der Waals surface area contributed by atoms with Gasteiger partial charge in [0.05, 0.1) is 4.91 Å². The van der Waals surface area contributed by atoms with E-state index in [4.69, 9.17) is 9.47 Å². The van der Waals surface area contributed by atoms with Crippen LogP contribution in [0.1, 0.15) is 26.3 Å². The van der Waals surface area contributed by atoms with Crippen LogP contribution < -0.4 is 4.74 Å². The van der Waals surface area contributed by atoms with Crippen molar-refractivity contribution in [1.29, 1.82) is 0 Å². The van der Waals surface area contributed by atoms with Crippen molar-refractivity contribution in [2.45, 2.75) is 26.4 Å². The third kappa shape index (κ3) is 5.49. The lowest BCUT2D eigenvalue weighted by Gasteiger charge is -2.21. The number of carbonyl (C=O) groups excluding carboxylic acids is 3. The number of amides is 2. The summed E-state index contributed by atoms with van der Waals surface area (Å²) >= 11 is 0.801. The number of esters is 1. The minimum atomic E-state index is -0.676. The van der Waals surface area contributed by atoms with Gasteiger partial charge in [0, 0.05) is 0 Å². The van der Waals surface area contributed by atoms with Crippen molar-refractivity contribution in [3.63, 3.8) is 0 Å². The maximum Gasteiger partial charge on any atom is 0.326 e. The molecule has 0 atom stereocenters. The summed E-state index contributed by atoms with van der Waals surface area (Å²) in [7, 11) is 0. The highest BCUT2D eigenvalue weighted by Gasteiger charge is 2.37. The van der Waals surface area contributed by atoms with Crippen LogP contribution in [0.2, 0.25) is 0 Å². The van der Waals surface area contributed by atoms with E-state index in [-0.39, 0.29) is 4.91 Å². The minimum Gasteiger partial charge on any atom is -0.490 e. The van der Waals surface area contributed by atoms with E-state index >= 15 is 0 Å². The van der Waals surface area contributed by atoms with Gasteiger partial charge in [0.15, 0.2) is 0 Å². The van der Waals surface area contributed by atoms with E-state index in [1.54, 1.807) is 57.2 Å². The van der Waals surface area contributed by atoms with Gasteiger partial charge in [0.25, 0.3) is 11.1 Å². The van der Waals surface area contributed by atoms with E-state index < -0.39 is 29.3 Å². The second kappa shape index (κ2) is 8.23. The Morgan fingerprint density at radius 3 is 2.46 bits per heavy atom. The zero-order valence-electron chi connectivity index (χ0n) is 15.0. The molecule has 26 heavy (non-hydrogen) atoms. The molecule has 0 unspecified atom stereocenters. The Hall–Kier alpha value is -2.54. The fourth-order valence-electron chi connectivity index (χ4n) is 2.11. The molecule has 0 spiro atoms. The quantitative estimate of drug-likeness (QED) is 0.429. The highest BCUT2D eigenvalue weighted by molar-refractivity contribution is 8.18. The van der Waals surface area contributed by atoms with Gasteiger partial charge in [-0.1, -0.05) is 24.8 Å². The predicted octanol–water partition coefficient (Wildman–Crippen LogP) is 3.63. The molecule has 1 aliphatic rings. The van der Waals surface area contributed by atoms with Crippen molar-refractivity contribution in [3.05, 3.63) is 47.4 Å². The summed E-state index contributed by atoms with van der Waals surface area (Å²) < 4.78 is 10.6. The number of nitrogens with zero attached hydrogens (tertiary/aromatic N) is 1. The first-order chi connectivity index (χ1) is 12.2. The number of carbonyl (C=O) groups is 3. The van der Waals surface area contributed by atoms with Gasteiger partial charge in [0.1, 0.15) is 24.5 Å². The largest absolute Gasteiger partial charge is 0.490 e. The Balaban J connectivity index is 2.06. The molecule has 0 aliphatic carbocycles. The summed E-state index contributed by atoms with van der Waals surface area (Å²) in [6.45, 7) is 8.76. The average molecular weight is 375 g/mol. The van der Waals surface area contributed by atoms with Crippen LogP contribution >= 0.6 is 11.8 Å². The Labute approximate surface area is 156 Å². The molecule has 0 bridgehead atoms. The van der Waals surface area contributed by atoms with Crippen molar-refractivity contribution < 1.29 is 23.9 Å². The zero-order valence-corrected chi connectivity index (χ0v) is 15.8. The van der Waals surface area contributed by atoms with Crippen molar-refractivity contribution in [1.82, 2.24) is 4.90 Å². The molecule has 7 heteroatoms.